The van der Waals surface area contributed by atoms with Crippen molar-refractivity contribution in [3.05, 3.63) is 12.7 Å². The topological polar surface area (TPSA) is 64.6 Å². The van der Waals surface area contributed by atoms with Crippen molar-refractivity contribution in [1.29, 1.82) is 0 Å². The maximum absolute atomic E-state index is 11.7. The van der Waals surface area contributed by atoms with Gasteiger partial charge >= 0.3 is 5.97 Å². The highest BCUT2D eigenvalue weighted by Gasteiger charge is 2.27. The Labute approximate surface area is 94.8 Å². The highest BCUT2D eigenvalue weighted by molar-refractivity contribution is 5.87. The van der Waals surface area contributed by atoms with Crippen molar-refractivity contribution in [2.24, 2.45) is 0 Å². The van der Waals surface area contributed by atoms with Crippen LogP contribution < -0.4 is 5.32 Å². The predicted octanol–water partition coefficient (Wildman–Crippen LogP) is 0.399. The molecular formula is C11H17NO4. The summed E-state index contributed by atoms with van der Waals surface area (Å²) in [4.78, 5) is 23.0. The SMILES string of the molecule is C=CC[C@@H](NC(=O)[C@@H]1CCCO1)C(=O)OC. The second-order valence-corrected chi connectivity index (χ2v) is 3.61. The molecule has 1 aliphatic rings. The first-order valence-electron chi connectivity index (χ1n) is 5.29. The molecule has 5 nitrogen and oxygen atoms in total. The Morgan fingerprint density at radius 1 is 1.69 bits per heavy atom. The van der Waals surface area contributed by atoms with Gasteiger partial charge in [0.05, 0.1) is 7.11 Å². The van der Waals surface area contributed by atoms with E-state index in [1.807, 2.05) is 0 Å². The van der Waals surface area contributed by atoms with E-state index in [1.54, 1.807) is 6.08 Å². The van der Waals surface area contributed by atoms with Crippen molar-refractivity contribution in [3.63, 3.8) is 0 Å². The van der Waals surface area contributed by atoms with Gasteiger partial charge in [-0.2, -0.15) is 0 Å². The summed E-state index contributed by atoms with van der Waals surface area (Å²) in [6.45, 7) is 4.13. The molecule has 90 valence electrons. The summed E-state index contributed by atoms with van der Waals surface area (Å²) in [5.74, 6) is -0.721. The molecule has 0 radical (unpaired) electrons. The van der Waals surface area contributed by atoms with Gasteiger partial charge in [0.25, 0.3) is 0 Å². The Bertz CT molecular complexity index is 271. The number of methoxy groups -OCH3 is 1. The molecule has 0 aromatic heterocycles. The zero-order valence-corrected chi connectivity index (χ0v) is 9.40. The Morgan fingerprint density at radius 3 is 2.94 bits per heavy atom. The number of nitrogens with one attached hydrogen (secondary N) is 1. The second-order valence-electron chi connectivity index (χ2n) is 3.61. The molecule has 1 N–H and O–H groups in total. The second kappa shape index (κ2) is 6.27. The Balaban J connectivity index is 2.49. The largest absolute Gasteiger partial charge is 0.467 e. The maximum atomic E-state index is 11.7. The van der Waals surface area contributed by atoms with Gasteiger partial charge in [-0.1, -0.05) is 6.08 Å². The third-order valence-electron chi connectivity index (χ3n) is 2.43. The third-order valence-corrected chi connectivity index (χ3v) is 2.43. The van der Waals surface area contributed by atoms with Crippen LogP contribution in [0.25, 0.3) is 0 Å². The Hall–Kier alpha value is -1.36. The van der Waals surface area contributed by atoms with Crippen molar-refractivity contribution >= 4 is 11.9 Å². The van der Waals surface area contributed by atoms with E-state index in [9.17, 15) is 9.59 Å². The molecule has 0 aliphatic carbocycles. The van der Waals surface area contributed by atoms with E-state index in [1.165, 1.54) is 7.11 Å². The molecule has 1 fully saturated rings. The third kappa shape index (κ3) is 3.34. The van der Waals surface area contributed by atoms with Crippen LogP contribution in [0, 0.1) is 0 Å². The molecule has 0 unspecified atom stereocenters. The van der Waals surface area contributed by atoms with Crippen LogP contribution in [0.3, 0.4) is 0 Å². The zero-order chi connectivity index (χ0) is 12.0. The summed E-state index contributed by atoms with van der Waals surface area (Å²) in [5, 5.41) is 2.60. The molecule has 1 heterocycles. The molecular weight excluding hydrogens is 210 g/mol. The van der Waals surface area contributed by atoms with E-state index in [-0.39, 0.29) is 5.91 Å². The van der Waals surface area contributed by atoms with Crippen molar-refractivity contribution in [3.8, 4) is 0 Å². The van der Waals surface area contributed by atoms with Gasteiger partial charge in [-0.25, -0.2) is 4.79 Å². The average Bonchev–Trinajstić information content (AvgIpc) is 2.80. The van der Waals surface area contributed by atoms with Crippen molar-refractivity contribution in [1.82, 2.24) is 5.32 Å². The van der Waals surface area contributed by atoms with Gasteiger partial charge in [-0.05, 0) is 19.3 Å². The lowest BCUT2D eigenvalue weighted by atomic mass is 10.1. The number of esters is 1. The maximum Gasteiger partial charge on any atom is 0.328 e. The molecule has 1 amide bonds. The Kier molecular flexibility index (Phi) is 4.98. The lowest BCUT2D eigenvalue weighted by Gasteiger charge is -2.17. The highest BCUT2D eigenvalue weighted by Crippen LogP contribution is 2.12. The molecule has 1 aliphatic heterocycles. The summed E-state index contributed by atoms with van der Waals surface area (Å²) < 4.78 is 9.80. The number of rotatable bonds is 5. The van der Waals surface area contributed by atoms with Gasteiger partial charge < -0.3 is 14.8 Å². The van der Waals surface area contributed by atoms with Gasteiger partial charge in [0.1, 0.15) is 12.1 Å². The van der Waals surface area contributed by atoms with Crippen LogP contribution in [0.5, 0.6) is 0 Å². The van der Waals surface area contributed by atoms with Crippen LogP contribution in [0.15, 0.2) is 12.7 Å². The lowest BCUT2D eigenvalue weighted by Crippen LogP contribution is -2.45. The Morgan fingerprint density at radius 2 is 2.44 bits per heavy atom. The standard InChI is InChI=1S/C11H17NO4/c1-3-5-8(11(14)15-2)12-10(13)9-6-4-7-16-9/h3,8-9H,1,4-7H2,2H3,(H,12,13)/t8-,9+/m1/s1. The molecule has 0 aromatic carbocycles. The fraction of sp³-hybridized carbons (Fsp3) is 0.636. The summed E-state index contributed by atoms with van der Waals surface area (Å²) in [6, 6.07) is -0.667. The smallest absolute Gasteiger partial charge is 0.328 e. The number of amides is 1. The first kappa shape index (κ1) is 12.7. The van der Waals surface area contributed by atoms with E-state index in [0.29, 0.717) is 19.4 Å². The molecule has 5 heteroatoms. The molecule has 1 saturated heterocycles. The lowest BCUT2D eigenvalue weighted by molar-refractivity contribution is -0.146. The number of carbonyl (C=O) groups is 2. The van der Waals surface area contributed by atoms with Gasteiger partial charge in [0.2, 0.25) is 5.91 Å². The number of hydrogen-bond acceptors (Lipinski definition) is 4. The van der Waals surface area contributed by atoms with Gasteiger partial charge in [0.15, 0.2) is 0 Å². The van der Waals surface area contributed by atoms with Crippen molar-refractivity contribution in [2.75, 3.05) is 13.7 Å². The minimum absolute atomic E-state index is 0.255. The molecule has 0 spiro atoms. The van der Waals surface area contributed by atoms with Gasteiger partial charge in [-0.3, -0.25) is 4.79 Å². The fourth-order valence-electron chi connectivity index (χ4n) is 1.57. The summed E-state index contributed by atoms with van der Waals surface area (Å²) in [6.07, 6.45) is 3.07. The minimum atomic E-state index is -0.667. The number of carbonyl (C=O) groups excluding carboxylic acids is 2. The van der Waals surface area contributed by atoms with Gasteiger partial charge in [0, 0.05) is 6.61 Å². The predicted molar refractivity (Wildman–Crippen MR) is 57.7 cm³/mol. The van der Waals surface area contributed by atoms with Crippen LogP contribution in [0.2, 0.25) is 0 Å². The van der Waals surface area contributed by atoms with Crippen LogP contribution in [-0.2, 0) is 19.1 Å². The van der Waals surface area contributed by atoms with Crippen molar-refractivity contribution < 1.29 is 19.1 Å². The van der Waals surface area contributed by atoms with Crippen LogP contribution >= 0.6 is 0 Å². The molecule has 16 heavy (non-hydrogen) atoms. The first-order chi connectivity index (χ1) is 7.69. The normalized spacial score (nSPS) is 21.2. The van der Waals surface area contributed by atoms with Gasteiger partial charge in [-0.15, -0.1) is 6.58 Å². The van der Waals surface area contributed by atoms with Crippen LogP contribution in [-0.4, -0.2) is 37.7 Å². The summed E-state index contributed by atoms with van der Waals surface area (Å²) >= 11 is 0. The van der Waals surface area contributed by atoms with E-state index in [0.717, 1.165) is 6.42 Å². The monoisotopic (exact) mass is 227 g/mol. The highest BCUT2D eigenvalue weighted by atomic mass is 16.5. The number of ether oxygens (including phenoxy) is 2. The fourth-order valence-corrected chi connectivity index (χ4v) is 1.57. The van der Waals surface area contributed by atoms with E-state index in [2.05, 4.69) is 16.6 Å². The molecule has 0 aromatic rings. The molecule has 2 atom stereocenters. The zero-order valence-electron chi connectivity index (χ0n) is 9.40. The van der Waals surface area contributed by atoms with E-state index in [4.69, 9.17) is 4.74 Å². The van der Waals surface area contributed by atoms with Crippen LogP contribution in [0.4, 0.5) is 0 Å². The summed E-state index contributed by atoms with van der Waals surface area (Å²) in [7, 11) is 1.29. The quantitative estimate of drug-likeness (QED) is 0.545. The van der Waals surface area contributed by atoms with E-state index < -0.39 is 18.1 Å². The number of hydrogen-bond donors (Lipinski definition) is 1. The summed E-state index contributed by atoms with van der Waals surface area (Å²) in [5.41, 5.74) is 0. The molecule has 1 rings (SSSR count). The molecule has 0 saturated carbocycles. The minimum Gasteiger partial charge on any atom is -0.467 e. The van der Waals surface area contributed by atoms with E-state index >= 15 is 0 Å². The van der Waals surface area contributed by atoms with Crippen molar-refractivity contribution in [2.45, 2.75) is 31.4 Å². The first-order valence-corrected chi connectivity index (χ1v) is 5.29. The van der Waals surface area contributed by atoms with Crippen LogP contribution in [0.1, 0.15) is 19.3 Å². The molecule has 0 bridgehead atoms. The average molecular weight is 227 g/mol.